The molecule has 0 atom stereocenters. The van der Waals surface area contributed by atoms with Crippen LogP contribution in [0.4, 0.5) is 5.69 Å². The Morgan fingerprint density at radius 2 is 2.00 bits per heavy atom. The number of nitrogens with zero attached hydrogens (tertiary/aromatic N) is 4. The molecular formula is C18H20N4OS. The fraction of sp³-hybridized carbons (Fsp3) is 0.333. The van der Waals surface area contributed by atoms with Crippen molar-refractivity contribution in [3.63, 3.8) is 0 Å². The van der Waals surface area contributed by atoms with E-state index in [4.69, 9.17) is 0 Å². The molecule has 1 aromatic carbocycles. The van der Waals surface area contributed by atoms with Gasteiger partial charge in [0.1, 0.15) is 0 Å². The molecule has 1 aliphatic heterocycles. The van der Waals surface area contributed by atoms with E-state index in [1.165, 1.54) is 22.6 Å². The Bertz CT molecular complexity index is 909. The van der Waals surface area contributed by atoms with Gasteiger partial charge in [-0.05, 0) is 24.6 Å². The van der Waals surface area contributed by atoms with E-state index >= 15 is 0 Å². The fourth-order valence-electron chi connectivity index (χ4n) is 3.19. The van der Waals surface area contributed by atoms with Crippen molar-refractivity contribution >= 4 is 22.0 Å². The lowest BCUT2D eigenvalue weighted by Gasteiger charge is -2.36. The molecule has 3 aromatic rings. The van der Waals surface area contributed by atoms with E-state index in [-0.39, 0.29) is 5.56 Å². The lowest BCUT2D eigenvalue weighted by Crippen LogP contribution is -2.46. The molecule has 3 heterocycles. The summed E-state index contributed by atoms with van der Waals surface area (Å²) in [5.74, 6) is 0. The zero-order valence-electron chi connectivity index (χ0n) is 13.7. The molecular weight excluding hydrogens is 320 g/mol. The number of fused-ring (bicyclic) bond motifs is 1. The molecule has 0 radical (unpaired) electrons. The fourth-order valence-corrected chi connectivity index (χ4v) is 3.93. The minimum atomic E-state index is 0.00893. The van der Waals surface area contributed by atoms with Crippen LogP contribution in [0.25, 0.3) is 4.96 Å². The number of thiazole rings is 1. The highest BCUT2D eigenvalue weighted by molar-refractivity contribution is 7.15. The summed E-state index contributed by atoms with van der Waals surface area (Å²) >= 11 is 1.50. The van der Waals surface area contributed by atoms with Gasteiger partial charge in [0.25, 0.3) is 5.56 Å². The van der Waals surface area contributed by atoms with Gasteiger partial charge in [-0.3, -0.25) is 14.1 Å². The second-order valence-electron chi connectivity index (χ2n) is 6.24. The van der Waals surface area contributed by atoms with Crippen LogP contribution in [0.1, 0.15) is 11.3 Å². The van der Waals surface area contributed by atoms with Crippen molar-refractivity contribution in [1.29, 1.82) is 0 Å². The second-order valence-corrected chi connectivity index (χ2v) is 7.12. The topological polar surface area (TPSA) is 40.9 Å². The van der Waals surface area contributed by atoms with E-state index in [9.17, 15) is 4.79 Å². The first kappa shape index (κ1) is 15.4. The van der Waals surface area contributed by atoms with Gasteiger partial charge in [0, 0.05) is 56.1 Å². The van der Waals surface area contributed by atoms with Gasteiger partial charge < -0.3 is 4.90 Å². The van der Waals surface area contributed by atoms with Crippen LogP contribution < -0.4 is 10.5 Å². The van der Waals surface area contributed by atoms with Crippen molar-refractivity contribution in [1.82, 2.24) is 14.3 Å². The summed E-state index contributed by atoms with van der Waals surface area (Å²) in [5, 5.41) is 1.90. The highest BCUT2D eigenvalue weighted by Gasteiger charge is 2.18. The largest absolute Gasteiger partial charge is 0.369 e. The lowest BCUT2D eigenvalue weighted by molar-refractivity contribution is 0.247. The van der Waals surface area contributed by atoms with Crippen molar-refractivity contribution in [2.45, 2.75) is 13.5 Å². The molecule has 1 fully saturated rings. The van der Waals surface area contributed by atoms with Crippen LogP contribution in [0.5, 0.6) is 0 Å². The third kappa shape index (κ3) is 3.07. The van der Waals surface area contributed by atoms with Crippen LogP contribution in [-0.2, 0) is 6.54 Å². The Kier molecular flexibility index (Phi) is 4.08. The second kappa shape index (κ2) is 6.37. The average molecular weight is 340 g/mol. The maximum absolute atomic E-state index is 12.1. The van der Waals surface area contributed by atoms with Gasteiger partial charge >= 0.3 is 0 Å². The highest BCUT2D eigenvalue weighted by Crippen LogP contribution is 2.18. The Morgan fingerprint density at radius 1 is 1.17 bits per heavy atom. The smallest absolute Gasteiger partial charge is 0.258 e. The lowest BCUT2D eigenvalue weighted by atomic mass is 10.2. The van der Waals surface area contributed by atoms with Gasteiger partial charge in [0.2, 0.25) is 0 Å². The molecule has 6 heteroatoms. The summed E-state index contributed by atoms with van der Waals surface area (Å²) in [6.45, 7) is 6.85. The van der Waals surface area contributed by atoms with Crippen molar-refractivity contribution in [2.75, 3.05) is 31.1 Å². The molecule has 0 aliphatic carbocycles. The predicted octanol–water partition coefficient (Wildman–Crippen LogP) is 2.39. The molecule has 0 spiro atoms. The Morgan fingerprint density at radius 3 is 2.79 bits per heavy atom. The van der Waals surface area contributed by atoms with E-state index < -0.39 is 0 Å². The number of piperazine rings is 1. The molecule has 5 nitrogen and oxygen atoms in total. The maximum atomic E-state index is 12.1. The summed E-state index contributed by atoms with van der Waals surface area (Å²) in [6, 6.07) is 10.3. The number of hydrogen-bond acceptors (Lipinski definition) is 5. The standard InChI is InChI=1S/C18H20N4OS/c1-14-3-2-4-16(11-14)21-7-5-20(6-8-21)13-15-12-17(23)22-9-10-24-18(22)19-15/h2-4,9-12H,5-8,13H2,1H3. The minimum absolute atomic E-state index is 0.00893. The maximum Gasteiger partial charge on any atom is 0.258 e. The Balaban J connectivity index is 1.43. The molecule has 0 amide bonds. The van der Waals surface area contributed by atoms with Gasteiger partial charge in [0.05, 0.1) is 5.69 Å². The molecule has 1 aliphatic rings. The summed E-state index contributed by atoms with van der Waals surface area (Å²) in [4.78, 5) is 22.3. The number of anilines is 1. The molecule has 0 N–H and O–H groups in total. The molecule has 2 aromatic heterocycles. The van der Waals surface area contributed by atoms with E-state index in [1.807, 2.05) is 5.38 Å². The molecule has 24 heavy (non-hydrogen) atoms. The Labute approximate surface area is 144 Å². The van der Waals surface area contributed by atoms with Gasteiger partial charge in [-0.25, -0.2) is 4.98 Å². The van der Waals surface area contributed by atoms with E-state index in [2.05, 4.69) is 46.0 Å². The summed E-state index contributed by atoms with van der Waals surface area (Å²) in [6.07, 6.45) is 1.78. The van der Waals surface area contributed by atoms with E-state index in [1.54, 1.807) is 16.7 Å². The van der Waals surface area contributed by atoms with E-state index in [0.717, 1.165) is 43.4 Å². The van der Waals surface area contributed by atoms with Gasteiger partial charge in [-0.15, -0.1) is 11.3 Å². The van der Waals surface area contributed by atoms with Gasteiger partial charge in [-0.2, -0.15) is 0 Å². The van der Waals surface area contributed by atoms with Crippen LogP contribution in [0.2, 0.25) is 0 Å². The van der Waals surface area contributed by atoms with Crippen LogP contribution in [0.3, 0.4) is 0 Å². The Hall–Kier alpha value is -2.18. The first-order valence-electron chi connectivity index (χ1n) is 8.19. The molecule has 0 bridgehead atoms. The zero-order valence-corrected chi connectivity index (χ0v) is 14.5. The summed E-state index contributed by atoms with van der Waals surface area (Å²) < 4.78 is 1.60. The third-order valence-corrected chi connectivity index (χ3v) is 5.24. The van der Waals surface area contributed by atoms with Crippen LogP contribution in [0.15, 0.2) is 46.7 Å². The summed E-state index contributed by atoms with van der Waals surface area (Å²) in [5.41, 5.74) is 3.47. The quantitative estimate of drug-likeness (QED) is 0.734. The van der Waals surface area contributed by atoms with Gasteiger partial charge in [-0.1, -0.05) is 12.1 Å². The van der Waals surface area contributed by atoms with Crippen molar-refractivity contribution in [3.8, 4) is 0 Å². The van der Waals surface area contributed by atoms with E-state index in [0.29, 0.717) is 0 Å². The normalized spacial score (nSPS) is 16.0. The number of aromatic nitrogens is 2. The van der Waals surface area contributed by atoms with Crippen molar-refractivity contribution < 1.29 is 0 Å². The van der Waals surface area contributed by atoms with Gasteiger partial charge in [0.15, 0.2) is 4.96 Å². The summed E-state index contributed by atoms with van der Waals surface area (Å²) in [7, 11) is 0. The zero-order chi connectivity index (χ0) is 16.5. The van der Waals surface area contributed by atoms with Crippen molar-refractivity contribution in [3.05, 3.63) is 63.5 Å². The first-order valence-corrected chi connectivity index (χ1v) is 9.07. The van der Waals surface area contributed by atoms with Crippen LogP contribution in [-0.4, -0.2) is 40.5 Å². The van der Waals surface area contributed by atoms with Crippen LogP contribution >= 0.6 is 11.3 Å². The monoisotopic (exact) mass is 340 g/mol. The number of benzene rings is 1. The number of aryl methyl sites for hydroxylation is 1. The highest BCUT2D eigenvalue weighted by atomic mass is 32.1. The van der Waals surface area contributed by atoms with Crippen LogP contribution in [0, 0.1) is 6.92 Å². The number of rotatable bonds is 3. The molecule has 0 unspecified atom stereocenters. The average Bonchev–Trinajstić information content (AvgIpc) is 3.05. The molecule has 0 saturated carbocycles. The molecule has 1 saturated heterocycles. The SMILES string of the molecule is Cc1cccc(N2CCN(Cc3cc(=O)n4ccsc4n3)CC2)c1. The molecule has 4 rings (SSSR count). The number of hydrogen-bond donors (Lipinski definition) is 0. The predicted molar refractivity (Wildman–Crippen MR) is 98.0 cm³/mol. The minimum Gasteiger partial charge on any atom is -0.369 e. The van der Waals surface area contributed by atoms with Crippen molar-refractivity contribution in [2.24, 2.45) is 0 Å². The molecule has 124 valence electrons. The third-order valence-electron chi connectivity index (χ3n) is 4.48. The first-order chi connectivity index (χ1) is 11.7.